The van der Waals surface area contributed by atoms with Gasteiger partial charge in [-0.25, -0.2) is 0 Å². The van der Waals surface area contributed by atoms with E-state index in [1.54, 1.807) is 18.9 Å². The number of benzene rings is 1. The minimum Gasteiger partial charge on any atom is -0.383 e. The fraction of sp³-hybridized carbons (Fsp3) is 0.609. The third kappa shape index (κ3) is 5.87. The second kappa shape index (κ2) is 11.1. The molecule has 31 heavy (non-hydrogen) atoms. The topological polar surface area (TPSA) is 63.5 Å². The molecule has 1 aromatic heterocycles. The highest BCUT2D eigenvalue weighted by Gasteiger charge is 2.22. The number of hydrogen-bond donors (Lipinski definition) is 0. The van der Waals surface area contributed by atoms with Crippen LogP contribution >= 0.6 is 11.8 Å². The van der Waals surface area contributed by atoms with Gasteiger partial charge in [-0.1, -0.05) is 44.7 Å². The Morgan fingerprint density at radius 3 is 2.35 bits per heavy atom. The quantitative estimate of drug-likeness (QED) is 0.549. The average molecular weight is 446 g/mol. The zero-order valence-electron chi connectivity index (χ0n) is 19.4. The Bertz CT molecular complexity index is 844. The van der Waals surface area contributed by atoms with Crippen molar-refractivity contribution in [2.24, 2.45) is 0 Å². The van der Waals surface area contributed by atoms with Gasteiger partial charge in [0, 0.05) is 50.5 Å². The first-order valence-corrected chi connectivity index (χ1v) is 12.1. The molecule has 1 unspecified atom stereocenters. The van der Waals surface area contributed by atoms with Gasteiger partial charge < -0.3 is 19.1 Å². The molecule has 1 saturated heterocycles. The van der Waals surface area contributed by atoms with Crippen LogP contribution < -0.4 is 0 Å². The van der Waals surface area contributed by atoms with Crippen LogP contribution in [0.5, 0.6) is 0 Å². The highest BCUT2D eigenvalue weighted by atomic mass is 32.2. The standard InChI is InChI=1S/C23H35N5O2S/c1-6-26-11-13-27(14-12-26)22(29)20-9-7-19(8-10-20)16-31-23-25-24-21(17(2)3)28(23)18(4)15-30-5/h7-10,17-18H,6,11-16H2,1-5H3. The van der Waals surface area contributed by atoms with Crippen LogP contribution in [0.25, 0.3) is 0 Å². The van der Waals surface area contributed by atoms with Crippen LogP contribution in [-0.2, 0) is 10.5 Å². The van der Waals surface area contributed by atoms with E-state index >= 15 is 0 Å². The largest absolute Gasteiger partial charge is 0.383 e. The maximum atomic E-state index is 12.8. The van der Waals surface area contributed by atoms with Crippen LogP contribution in [0.3, 0.4) is 0 Å². The molecule has 2 aromatic rings. The first kappa shape index (κ1) is 23.8. The van der Waals surface area contributed by atoms with Crippen LogP contribution in [0, 0.1) is 0 Å². The molecule has 0 aliphatic carbocycles. The number of carbonyl (C=O) groups is 1. The Balaban J connectivity index is 1.63. The number of piperazine rings is 1. The van der Waals surface area contributed by atoms with Gasteiger partial charge in [0.2, 0.25) is 0 Å². The SMILES string of the molecule is CCN1CCN(C(=O)c2ccc(CSc3nnc(C(C)C)n3C(C)COC)cc2)CC1. The van der Waals surface area contributed by atoms with Crippen LogP contribution in [0.15, 0.2) is 29.4 Å². The number of methoxy groups -OCH3 is 1. The Hall–Kier alpha value is -1.90. The lowest BCUT2D eigenvalue weighted by Crippen LogP contribution is -2.48. The first-order chi connectivity index (χ1) is 14.9. The third-order valence-electron chi connectivity index (χ3n) is 5.73. The molecule has 0 N–H and O–H groups in total. The zero-order chi connectivity index (χ0) is 22.4. The molecular weight excluding hydrogens is 410 g/mol. The molecule has 0 radical (unpaired) electrons. The van der Waals surface area contributed by atoms with E-state index in [1.165, 1.54) is 0 Å². The van der Waals surface area contributed by atoms with Gasteiger partial charge in [0.25, 0.3) is 5.91 Å². The van der Waals surface area contributed by atoms with Crippen molar-refractivity contribution in [1.82, 2.24) is 24.6 Å². The zero-order valence-corrected chi connectivity index (χ0v) is 20.2. The van der Waals surface area contributed by atoms with Gasteiger partial charge in [0.05, 0.1) is 12.6 Å². The third-order valence-corrected chi connectivity index (χ3v) is 6.75. The fourth-order valence-electron chi connectivity index (χ4n) is 3.85. The number of thioether (sulfide) groups is 1. The van der Waals surface area contributed by atoms with Crippen molar-refractivity contribution in [2.45, 2.75) is 50.6 Å². The van der Waals surface area contributed by atoms with Crippen LogP contribution in [0.1, 0.15) is 61.4 Å². The normalized spacial score (nSPS) is 16.1. The highest BCUT2D eigenvalue weighted by molar-refractivity contribution is 7.98. The fourth-order valence-corrected chi connectivity index (χ4v) is 4.85. The summed E-state index contributed by atoms with van der Waals surface area (Å²) < 4.78 is 7.54. The Kier molecular flexibility index (Phi) is 8.51. The molecule has 1 aromatic carbocycles. The second-order valence-corrected chi connectivity index (χ2v) is 9.32. The summed E-state index contributed by atoms with van der Waals surface area (Å²) in [5.41, 5.74) is 1.93. The van der Waals surface area contributed by atoms with Gasteiger partial charge in [-0.3, -0.25) is 4.79 Å². The summed E-state index contributed by atoms with van der Waals surface area (Å²) in [6, 6.07) is 8.16. The number of ether oxygens (including phenoxy) is 1. The molecule has 1 atom stereocenters. The summed E-state index contributed by atoms with van der Waals surface area (Å²) in [5, 5.41) is 9.75. The smallest absolute Gasteiger partial charge is 0.253 e. The van der Waals surface area contributed by atoms with E-state index in [2.05, 4.69) is 47.4 Å². The van der Waals surface area contributed by atoms with Gasteiger partial charge in [0.15, 0.2) is 5.16 Å². The first-order valence-electron chi connectivity index (χ1n) is 11.1. The molecule has 1 amide bonds. The molecule has 2 heterocycles. The summed E-state index contributed by atoms with van der Waals surface area (Å²) in [4.78, 5) is 17.1. The van der Waals surface area contributed by atoms with E-state index < -0.39 is 0 Å². The van der Waals surface area contributed by atoms with Crippen LogP contribution in [-0.4, -0.2) is 76.9 Å². The Morgan fingerprint density at radius 2 is 1.77 bits per heavy atom. The molecule has 1 aliphatic heterocycles. The van der Waals surface area contributed by atoms with E-state index in [-0.39, 0.29) is 11.9 Å². The van der Waals surface area contributed by atoms with Gasteiger partial charge in [-0.05, 0) is 31.2 Å². The molecule has 0 bridgehead atoms. The summed E-state index contributed by atoms with van der Waals surface area (Å²) >= 11 is 1.67. The average Bonchev–Trinajstić information content (AvgIpc) is 3.22. The minimum atomic E-state index is 0.129. The van der Waals surface area contributed by atoms with Crippen molar-refractivity contribution in [3.8, 4) is 0 Å². The number of amides is 1. The summed E-state index contributed by atoms with van der Waals surface area (Å²) in [6.07, 6.45) is 0. The van der Waals surface area contributed by atoms with E-state index in [0.29, 0.717) is 12.5 Å². The molecule has 8 heteroatoms. The maximum absolute atomic E-state index is 12.8. The van der Waals surface area contributed by atoms with Crippen LogP contribution in [0.2, 0.25) is 0 Å². The highest BCUT2D eigenvalue weighted by Crippen LogP contribution is 2.28. The lowest BCUT2D eigenvalue weighted by molar-refractivity contribution is 0.0643. The number of aromatic nitrogens is 3. The maximum Gasteiger partial charge on any atom is 0.253 e. The number of likely N-dealkylation sites (N-methyl/N-ethyl adjacent to an activating group) is 1. The molecule has 3 rings (SSSR count). The summed E-state index contributed by atoms with van der Waals surface area (Å²) in [5.74, 6) is 2.19. The molecule has 1 aliphatic rings. The summed E-state index contributed by atoms with van der Waals surface area (Å²) in [6.45, 7) is 13.7. The predicted octanol–water partition coefficient (Wildman–Crippen LogP) is 3.68. The van der Waals surface area contributed by atoms with E-state index in [9.17, 15) is 4.79 Å². The number of hydrogen-bond acceptors (Lipinski definition) is 6. The summed E-state index contributed by atoms with van der Waals surface area (Å²) in [7, 11) is 1.72. The van der Waals surface area contributed by atoms with E-state index in [1.807, 2.05) is 29.2 Å². The minimum absolute atomic E-state index is 0.129. The lowest BCUT2D eigenvalue weighted by atomic mass is 10.1. The lowest BCUT2D eigenvalue weighted by Gasteiger charge is -2.34. The number of rotatable bonds is 9. The molecule has 1 fully saturated rings. The van der Waals surface area contributed by atoms with Gasteiger partial charge in [-0.2, -0.15) is 0 Å². The molecule has 170 valence electrons. The second-order valence-electron chi connectivity index (χ2n) is 8.38. The van der Waals surface area contributed by atoms with E-state index in [0.717, 1.165) is 60.6 Å². The van der Waals surface area contributed by atoms with Crippen molar-refractivity contribution < 1.29 is 9.53 Å². The van der Waals surface area contributed by atoms with Crippen molar-refractivity contribution >= 4 is 17.7 Å². The Labute approximate surface area is 190 Å². The molecular formula is C23H35N5O2S. The predicted molar refractivity (Wildman–Crippen MR) is 125 cm³/mol. The molecule has 0 saturated carbocycles. The van der Waals surface area contributed by atoms with Crippen molar-refractivity contribution in [2.75, 3.05) is 46.4 Å². The van der Waals surface area contributed by atoms with Gasteiger partial charge in [-0.15, -0.1) is 10.2 Å². The van der Waals surface area contributed by atoms with Gasteiger partial charge >= 0.3 is 0 Å². The molecule has 0 spiro atoms. The Morgan fingerprint density at radius 1 is 1.10 bits per heavy atom. The van der Waals surface area contributed by atoms with Crippen molar-refractivity contribution in [3.63, 3.8) is 0 Å². The van der Waals surface area contributed by atoms with E-state index in [4.69, 9.17) is 4.74 Å². The van der Waals surface area contributed by atoms with Gasteiger partial charge in [0.1, 0.15) is 5.82 Å². The number of nitrogens with zero attached hydrogens (tertiary/aromatic N) is 5. The van der Waals surface area contributed by atoms with Crippen molar-refractivity contribution in [3.05, 3.63) is 41.2 Å². The monoisotopic (exact) mass is 445 g/mol. The number of carbonyl (C=O) groups excluding carboxylic acids is 1. The van der Waals surface area contributed by atoms with Crippen molar-refractivity contribution in [1.29, 1.82) is 0 Å². The molecule has 7 nitrogen and oxygen atoms in total. The van der Waals surface area contributed by atoms with Crippen LogP contribution in [0.4, 0.5) is 0 Å².